The predicted octanol–water partition coefficient (Wildman–Crippen LogP) is -4.26. The van der Waals surface area contributed by atoms with Crippen LogP contribution in [0.5, 0.6) is 0 Å². The summed E-state index contributed by atoms with van der Waals surface area (Å²) >= 11 is 10.9. The van der Waals surface area contributed by atoms with Crippen LogP contribution >= 0.6 is 23.6 Å². The molecular weight excluding hydrogens is 387 g/mol. The first kappa shape index (κ1) is 23.2. The molecule has 0 spiro atoms. The zero-order valence-corrected chi connectivity index (χ0v) is 14.5. The van der Waals surface area contributed by atoms with Crippen molar-refractivity contribution in [2.24, 2.45) is 0 Å². The third-order valence-corrected chi connectivity index (χ3v) is 4.48. The fourth-order valence-corrected chi connectivity index (χ4v) is 2.84. The zero-order valence-electron chi connectivity index (χ0n) is 13.0. The topological polar surface area (TPSA) is 184 Å². The van der Waals surface area contributed by atoms with E-state index < -0.39 is 74.8 Å². The second kappa shape index (κ2) is 11.1. The average Bonchev–Trinajstić information content (AvgIpc) is 2.62. The van der Waals surface area contributed by atoms with Crippen LogP contribution in [0.3, 0.4) is 0 Å². The minimum absolute atomic E-state index is 0.619. The molecule has 0 radical (unpaired) electrons. The highest BCUT2D eigenvalue weighted by Gasteiger charge is 2.47. The highest BCUT2D eigenvalue weighted by molar-refractivity contribution is 6.13. The lowest BCUT2D eigenvalue weighted by atomic mass is 9.97. The molecule has 1 aliphatic heterocycles. The van der Waals surface area contributed by atoms with E-state index >= 15 is 0 Å². The molecule has 1 saturated heterocycles. The lowest BCUT2D eigenvalue weighted by Gasteiger charge is -2.43. The number of aliphatic hydroxyl groups is 7. The first-order chi connectivity index (χ1) is 11.9. The van der Waals surface area contributed by atoms with Crippen molar-refractivity contribution in [1.29, 1.82) is 0 Å². The Balaban J connectivity index is 2.99. The SMILES string of the molecule is OCC1O[C@@H](O[C@H](C(O)CO)[C@@H](O)C(CO)NCl)C(NCl)[C@H](O)[C@@H]1O. The maximum Gasteiger partial charge on any atom is 0.177 e. The summed E-state index contributed by atoms with van der Waals surface area (Å²) in [5, 5.41) is 67.6. The van der Waals surface area contributed by atoms with Gasteiger partial charge in [-0.3, -0.25) is 0 Å². The highest BCUT2D eigenvalue weighted by atomic mass is 35.5. The van der Waals surface area contributed by atoms with Crippen molar-refractivity contribution in [1.82, 2.24) is 9.67 Å². The monoisotopic (exact) mass is 410 g/mol. The third-order valence-electron chi connectivity index (χ3n) is 3.95. The first-order valence-electron chi connectivity index (χ1n) is 7.44. The quantitative estimate of drug-likeness (QED) is 0.159. The van der Waals surface area contributed by atoms with Crippen LogP contribution in [0.4, 0.5) is 0 Å². The molecule has 0 bridgehead atoms. The summed E-state index contributed by atoms with van der Waals surface area (Å²) in [4.78, 5) is 4.25. The van der Waals surface area contributed by atoms with E-state index in [1.54, 1.807) is 0 Å². The molecule has 150 valence electrons. The zero-order chi connectivity index (χ0) is 19.1. The fourth-order valence-electron chi connectivity index (χ4n) is 2.41. The van der Waals surface area contributed by atoms with Crippen molar-refractivity contribution in [3.8, 4) is 0 Å². The van der Waals surface area contributed by atoms with E-state index in [1.165, 1.54) is 0 Å². The van der Waals surface area contributed by atoms with Crippen molar-refractivity contribution in [3.05, 3.63) is 0 Å². The molecule has 0 aromatic heterocycles. The molecule has 0 aromatic carbocycles. The van der Waals surface area contributed by atoms with Gasteiger partial charge >= 0.3 is 0 Å². The van der Waals surface area contributed by atoms with Gasteiger partial charge in [-0.05, 0) is 23.6 Å². The predicted molar refractivity (Wildman–Crippen MR) is 84.4 cm³/mol. The fraction of sp³-hybridized carbons (Fsp3) is 1.00. The Labute approximate surface area is 153 Å². The summed E-state index contributed by atoms with van der Waals surface area (Å²) in [6.45, 7) is -2.07. The van der Waals surface area contributed by atoms with Crippen molar-refractivity contribution >= 4 is 23.6 Å². The van der Waals surface area contributed by atoms with Crippen LogP contribution in [-0.4, -0.2) is 111 Å². The van der Waals surface area contributed by atoms with Crippen LogP contribution < -0.4 is 9.67 Å². The third kappa shape index (κ3) is 5.56. The number of rotatable bonds is 10. The molecule has 25 heavy (non-hydrogen) atoms. The molecule has 0 saturated carbocycles. The Morgan fingerprint density at radius 3 is 2.12 bits per heavy atom. The molecule has 4 unspecified atom stereocenters. The van der Waals surface area contributed by atoms with Crippen molar-refractivity contribution in [2.75, 3.05) is 19.8 Å². The second-order valence-electron chi connectivity index (χ2n) is 5.58. The molecule has 1 rings (SSSR count). The van der Waals surface area contributed by atoms with Gasteiger partial charge in [0.1, 0.15) is 42.7 Å². The Kier molecular flexibility index (Phi) is 10.3. The van der Waals surface area contributed by atoms with E-state index in [-0.39, 0.29) is 0 Å². The number of aliphatic hydroxyl groups excluding tert-OH is 7. The molecule has 11 nitrogen and oxygen atoms in total. The van der Waals surface area contributed by atoms with Gasteiger partial charge in [-0.15, -0.1) is 0 Å². The minimum Gasteiger partial charge on any atom is -0.395 e. The number of nitrogens with one attached hydrogen (secondary N) is 2. The summed E-state index contributed by atoms with van der Waals surface area (Å²) in [6.07, 6.45) is -10.3. The van der Waals surface area contributed by atoms with E-state index in [1.807, 2.05) is 0 Å². The largest absolute Gasteiger partial charge is 0.395 e. The van der Waals surface area contributed by atoms with Gasteiger partial charge in [-0.2, -0.15) is 0 Å². The molecule has 0 aromatic rings. The normalized spacial score (nSPS) is 35.2. The molecule has 1 fully saturated rings. The molecule has 0 amide bonds. The van der Waals surface area contributed by atoms with Gasteiger partial charge in [0, 0.05) is 0 Å². The summed E-state index contributed by atoms with van der Waals surface area (Å²) in [7, 11) is 0. The Morgan fingerprint density at radius 1 is 1.04 bits per heavy atom. The van der Waals surface area contributed by atoms with Gasteiger partial charge in [-0.1, -0.05) is 0 Å². The number of halogens is 2. The van der Waals surface area contributed by atoms with Crippen LogP contribution in [0, 0.1) is 0 Å². The van der Waals surface area contributed by atoms with E-state index in [0.29, 0.717) is 0 Å². The smallest absolute Gasteiger partial charge is 0.177 e. The lowest BCUT2D eigenvalue weighted by molar-refractivity contribution is -0.298. The second-order valence-corrected chi connectivity index (χ2v) is 6.02. The maximum atomic E-state index is 10.2. The van der Waals surface area contributed by atoms with Crippen molar-refractivity contribution in [2.45, 2.75) is 55.0 Å². The average molecular weight is 411 g/mol. The van der Waals surface area contributed by atoms with Gasteiger partial charge < -0.3 is 45.2 Å². The van der Waals surface area contributed by atoms with Crippen molar-refractivity contribution < 1.29 is 45.2 Å². The number of ether oxygens (including phenoxy) is 2. The Morgan fingerprint density at radius 2 is 1.68 bits per heavy atom. The van der Waals surface area contributed by atoms with Crippen LogP contribution in [0.15, 0.2) is 0 Å². The van der Waals surface area contributed by atoms with E-state index in [2.05, 4.69) is 9.67 Å². The Hall–Kier alpha value is 0.140. The van der Waals surface area contributed by atoms with Gasteiger partial charge in [-0.25, -0.2) is 9.67 Å². The van der Waals surface area contributed by atoms with Crippen LogP contribution in [-0.2, 0) is 9.47 Å². The molecular formula is C12H24Cl2N2O9. The van der Waals surface area contributed by atoms with Gasteiger partial charge in [0.25, 0.3) is 0 Å². The molecule has 1 aliphatic rings. The van der Waals surface area contributed by atoms with E-state index in [9.17, 15) is 30.6 Å². The van der Waals surface area contributed by atoms with E-state index in [0.717, 1.165) is 0 Å². The molecule has 13 heteroatoms. The molecule has 9 atom stereocenters. The molecule has 1 heterocycles. The standard InChI is InChI=1S/C12H24Cl2N2O9/c13-15-4(1-17)8(21)11(5(20)2-18)25-12-7(16-14)10(23)9(22)6(3-19)24-12/h4-12,15-23H,1-3H2/t4?,5?,6?,7?,8-,9+,10-,11+,12-/m0/s1. The van der Waals surface area contributed by atoms with Crippen LogP contribution in [0.25, 0.3) is 0 Å². The van der Waals surface area contributed by atoms with E-state index in [4.69, 9.17) is 38.1 Å². The summed E-state index contributed by atoms with van der Waals surface area (Å²) in [5.41, 5.74) is 0. The highest BCUT2D eigenvalue weighted by Crippen LogP contribution is 2.25. The van der Waals surface area contributed by atoms with Gasteiger partial charge in [0.2, 0.25) is 0 Å². The van der Waals surface area contributed by atoms with Gasteiger partial charge in [0.05, 0.1) is 25.9 Å². The van der Waals surface area contributed by atoms with Crippen molar-refractivity contribution in [3.63, 3.8) is 0 Å². The number of hydrogen-bond donors (Lipinski definition) is 9. The maximum absolute atomic E-state index is 10.2. The Bertz CT molecular complexity index is 382. The summed E-state index contributed by atoms with van der Waals surface area (Å²) in [5.74, 6) is 0. The minimum atomic E-state index is -1.61. The number of hydrogen-bond acceptors (Lipinski definition) is 11. The molecule has 0 aliphatic carbocycles. The van der Waals surface area contributed by atoms with Crippen LogP contribution in [0.2, 0.25) is 0 Å². The lowest BCUT2D eigenvalue weighted by Crippen LogP contribution is -2.64. The molecule has 9 N–H and O–H groups in total. The first-order valence-corrected chi connectivity index (χ1v) is 8.19. The summed E-state index contributed by atoms with van der Waals surface area (Å²) < 4.78 is 10.7. The van der Waals surface area contributed by atoms with Crippen LogP contribution in [0.1, 0.15) is 0 Å². The van der Waals surface area contributed by atoms with Gasteiger partial charge in [0.15, 0.2) is 6.29 Å². The summed E-state index contributed by atoms with van der Waals surface area (Å²) in [6, 6.07) is -2.32.